The van der Waals surface area contributed by atoms with Crippen molar-refractivity contribution in [2.45, 2.75) is 63.5 Å². The van der Waals surface area contributed by atoms with E-state index in [1.54, 1.807) is 6.08 Å². The first kappa shape index (κ1) is 35.9. The molecule has 1 aliphatic rings. The van der Waals surface area contributed by atoms with E-state index in [9.17, 15) is 20.0 Å². The van der Waals surface area contributed by atoms with Crippen LogP contribution in [0, 0.1) is 28.4 Å². The molecule has 0 spiro atoms. The van der Waals surface area contributed by atoms with Crippen LogP contribution in [0.1, 0.15) is 67.4 Å². The number of carboxylic acids is 1. The molecule has 3 aromatic carbocycles. The molecule has 2 N–H and O–H groups in total. The number of halogens is 4. The first-order valence-corrected chi connectivity index (χ1v) is 15.8. The van der Waals surface area contributed by atoms with Crippen LogP contribution < -0.4 is 10.1 Å². The fraction of sp³-hybridized carbons (Fsp3) is 0.361. The predicted molar refractivity (Wildman–Crippen MR) is 179 cm³/mol. The van der Waals surface area contributed by atoms with E-state index in [0.717, 1.165) is 6.07 Å². The topological polar surface area (TPSA) is 103 Å². The van der Waals surface area contributed by atoms with Crippen molar-refractivity contribution in [3.8, 4) is 11.8 Å². The van der Waals surface area contributed by atoms with Gasteiger partial charge in [0.2, 0.25) is 5.91 Å². The summed E-state index contributed by atoms with van der Waals surface area (Å²) in [4.78, 5) is 28.2. The summed E-state index contributed by atoms with van der Waals surface area (Å²) in [6.45, 7) is 10.1. The van der Waals surface area contributed by atoms with Crippen LogP contribution in [-0.2, 0) is 10.2 Å². The third kappa shape index (κ3) is 7.15. The molecule has 0 bridgehead atoms. The normalized spacial score (nSPS) is 21.2. The molecule has 1 amide bonds. The average Bonchev–Trinajstić information content (AvgIpc) is 3.26. The lowest BCUT2D eigenvalue weighted by molar-refractivity contribution is -0.121. The van der Waals surface area contributed by atoms with Gasteiger partial charge in [-0.3, -0.25) is 9.69 Å². The Morgan fingerprint density at radius 3 is 2.49 bits per heavy atom. The number of amides is 1. The molecule has 0 radical (unpaired) electrons. The zero-order chi connectivity index (χ0) is 34.7. The summed E-state index contributed by atoms with van der Waals surface area (Å²) < 4.78 is 37.6. The second-order valence-electron chi connectivity index (χ2n) is 12.8. The Kier molecular flexibility index (Phi) is 11.0. The van der Waals surface area contributed by atoms with Crippen molar-refractivity contribution >= 4 is 40.8 Å². The Morgan fingerprint density at radius 2 is 1.89 bits per heavy atom. The highest BCUT2D eigenvalue weighted by Crippen LogP contribution is 2.57. The van der Waals surface area contributed by atoms with Gasteiger partial charge in [-0.2, -0.15) is 5.26 Å². The number of hydrogen-bond donors (Lipinski definition) is 2. The smallest absolute Gasteiger partial charge is 0.339 e. The highest BCUT2D eigenvalue weighted by molar-refractivity contribution is 6.31. The van der Waals surface area contributed by atoms with Crippen LogP contribution in [0.25, 0.3) is 0 Å². The molecule has 1 saturated heterocycles. The summed E-state index contributed by atoms with van der Waals surface area (Å²) in [7, 11) is 1.31. The number of allylic oxidation sites excluding steroid dienone is 1. The molecule has 3 aromatic rings. The molecule has 7 nitrogen and oxygen atoms in total. The molecule has 1 aliphatic heterocycles. The van der Waals surface area contributed by atoms with Gasteiger partial charge < -0.3 is 15.2 Å². The molecular weight excluding hydrogens is 647 g/mol. The number of methoxy groups -OCH3 is 1. The summed E-state index contributed by atoms with van der Waals surface area (Å²) in [5, 5.41) is 23.6. The summed E-state index contributed by atoms with van der Waals surface area (Å²) in [5.41, 5.74) is -2.14. The molecule has 0 aliphatic carbocycles. The van der Waals surface area contributed by atoms with E-state index in [1.165, 1.54) is 55.6 Å². The highest BCUT2D eigenvalue weighted by atomic mass is 35.5. The molecule has 1 fully saturated rings. The van der Waals surface area contributed by atoms with Gasteiger partial charge in [0.05, 0.1) is 24.2 Å². The predicted octanol–water partition coefficient (Wildman–Crippen LogP) is 8.62. The maximum atomic E-state index is 16.2. The van der Waals surface area contributed by atoms with Crippen LogP contribution in [0.5, 0.6) is 5.75 Å². The Labute approximate surface area is 283 Å². The van der Waals surface area contributed by atoms with E-state index in [4.69, 9.17) is 27.9 Å². The number of carbonyl (C=O) groups is 2. The minimum absolute atomic E-state index is 0.0143. The Hall–Kier alpha value is -3.97. The minimum atomic E-state index is -1.80. The number of unbranched alkanes of at least 4 members (excludes halogenated alkanes) is 1. The van der Waals surface area contributed by atoms with Crippen LogP contribution in [0.3, 0.4) is 0 Å². The molecule has 0 saturated carbocycles. The molecule has 11 heteroatoms. The minimum Gasteiger partial charge on any atom is -0.496 e. The number of likely N-dealkylation sites (tertiary alicyclic amines) is 1. The quantitative estimate of drug-likeness (QED) is 0.155. The Morgan fingerprint density at radius 1 is 1.17 bits per heavy atom. The lowest BCUT2D eigenvalue weighted by Gasteiger charge is -2.39. The first-order chi connectivity index (χ1) is 22.2. The number of nitrogens with one attached hydrogen (secondary N) is 1. The number of ether oxygens (including phenoxy) is 1. The molecule has 1 heterocycles. The van der Waals surface area contributed by atoms with E-state index in [1.807, 2.05) is 25.7 Å². The van der Waals surface area contributed by atoms with Crippen molar-refractivity contribution in [3.63, 3.8) is 0 Å². The van der Waals surface area contributed by atoms with Crippen LogP contribution in [-0.4, -0.2) is 47.6 Å². The van der Waals surface area contributed by atoms with Crippen LogP contribution >= 0.6 is 23.2 Å². The summed E-state index contributed by atoms with van der Waals surface area (Å²) in [5.74, 6) is -4.63. The third-order valence-corrected chi connectivity index (χ3v) is 9.09. The first-order valence-electron chi connectivity index (χ1n) is 15.1. The second-order valence-corrected chi connectivity index (χ2v) is 13.7. The zero-order valence-corrected chi connectivity index (χ0v) is 28.1. The molecule has 0 unspecified atom stereocenters. The molecule has 4 rings (SSSR count). The second kappa shape index (κ2) is 14.4. The summed E-state index contributed by atoms with van der Waals surface area (Å²) in [6, 6.07) is 12.9. The van der Waals surface area contributed by atoms with Gasteiger partial charge in [0, 0.05) is 34.3 Å². The van der Waals surface area contributed by atoms with Crippen molar-refractivity contribution in [1.29, 1.82) is 5.26 Å². The summed E-state index contributed by atoms with van der Waals surface area (Å²) >= 11 is 12.5. The van der Waals surface area contributed by atoms with Crippen molar-refractivity contribution in [2.24, 2.45) is 5.41 Å². The largest absolute Gasteiger partial charge is 0.496 e. The van der Waals surface area contributed by atoms with Crippen molar-refractivity contribution in [1.82, 2.24) is 4.90 Å². The number of nitriles is 1. The molecule has 4 atom stereocenters. The van der Waals surface area contributed by atoms with Gasteiger partial charge in [0.25, 0.3) is 0 Å². The highest BCUT2D eigenvalue weighted by Gasteiger charge is 2.64. The van der Waals surface area contributed by atoms with Crippen LogP contribution in [0.2, 0.25) is 10.0 Å². The van der Waals surface area contributed by atoms with E-state index < -0.39 is 52.3 Å². The number of carboxylic acid groups (broad SMARTS) is 1. The molecule has 0 aromatic heterocycles. The van der Waals surface area contributed by atoms with Crippen molar-refractivity contribution in [2.75, 3.05) is 19.0 Å². The number of aromatic carboxylic acids is 1. The molecule has 47 heavy (non-hydrogen) atoms. The lowest BCUT2D eigenvalue weighted by Crippen LogP contribution is -2.48. The monoisotopic (exact) mass is 683 g/mol. The van der Waals surface area contributed by atoms with Crippen molar-refractivity contribution < 1.29 is 28.2 Å². The lowest BCUT2D eigenvalue weighted by atomic mass is 9.62. The maximum Gasteiger partial charge on any atom is 0.339 e. The fourth-order valence-corrected chi connectivity index (χ4v) is 7.03. The number of rotatable bonds is 11. The number of nitrogens with zero attached hydrogens (tertiary/aromatic N) is 2. The number of benzene rings is 3. The zero-order valence-electron chi connectivity index (χ0n) is 26.6. The van der Waals surface area contributed by atoms with E-state index in [-0.39, 0.29) is 38.2 Å². The Bertz CT molecular complexity index is 1720. The Balaban J connectivity index is 2.05. The fourth-order valence-electron chi connectivity index (χ4n) is 6.69. The van der Waals surface area contributed by atoms with Gasteiger partial charge in [-0.1, -0.05) is 68.2 Å². The number of hydrogen-bond acceptors (Lipinski definition) is 5. The standard InChI is InChI=1S/C36H37Cl2F2N3O4/c1-6-7-8-16-43-29(19-35(2,3)4)36(20-41,25-15-12-21(37)17-27(25)39)30(24-10-9-11-26(38)31(24)40)32(43)33(44)42-22-13-14-23(34(45)46)28(18-22)47-5/h6,9-15,17-18,29-30,32H,1,7-8,16,19H2,2-5H3,(H,42,44)(H,45,46)/t29-,30-,32+,36-/m0/s1. The van der Waals surface area contributed by atoms with Gasteiger partial charge in [-0.15, -0.1) is 6.58 Å². The number of anilines is 1. The number of carbonyl (C=O) groups excluding carboxylic acids is 1. The molecule has 248 valence electrons. The van der Waals surface area contributed by atoms with Gasteiger partial charge in [-0.25, -0.2) is 13.6 Å². The average molecular weight is 685 g/mol. The van der Waals surface area contributed by atoms with Gasteiger partial charge in [0.15, 0.2) is 0 Å². The van der Waals surface area contributed by atoms with E-state index in [0.29, 0.717) is 25.8 Å². The van der Waals surface area contributed by atoms with Gasteiger partial charge >= 0.3 is 5.97 Å². The third-order valence-electron chi connectivity index (χ3n) is 8.57. The van der Waals surface area contributed by atoms with Gasteiger partial charge in [-0.05, 0) is 67.1 Å². The van der Waals surface area contributed by atoms with Crippen LogP contribution in [0.4, 0.5) is 14.5 Å². The van der Waals surface area contributed by atoms with Crippen molar-refractivity contribution in [3.05, 3.63) is 106 Å². The van der Waals surface area contributed by atoms with Gasteiger partial charge in [0.1, 0.15) is 28.4 Å². The molecular formula is C36H37Cl2F2N3O4. The maximum absolute atomic E-state index is 16.2. The van der Waals surface area contributed by atoms with E-state index in [2.05, 4.69) is 18.0 Å². The summed E-state index contributed by atoms with van der Waals surface area (Å²) in [6.07, 6.45) is 3.21. The SMILES string of the molecule is C=CCCCN1[C@@H](CC(C)(C)C)[C@](C#N)(c2ccc(Cl)cc2F)[C@@H](c2cccc(Cl)c2F)[C@@H]1C(=O)Nc1ccc(C(=O)O)c(OC)c1. The van der Waals surface area contributed by atoms with E-state index >= 15 is 8.78 Å². The van der Waals surface area contributed by atoms with Crippen LogP contribution in [0.15, 0.2) is 67.3 Å².